The number of pyridine rings is 4. The van der Waals surface area contributed by atoms with E-state index in [2.05, 4.69) is 46.5 Å². The number of H-pyrrole nitrogens is 2. The van der Waals surface area contributed by atoms with E-state index in [1.807, 2.05) is 30.3 Å². The smallest absolute Gasteiger partial charge is 0.227 e. The number of aromatic nitrogens is 7. The molecule has 6 heterocycles. The maximum atomic E-state index is 12.2. The zero-order valence-corrected chi connectivity index (χ0v) is 19.1. The molecule has 0 spiro atoms. The molecule has 0 aliphatic heterocycles. The number of fused-ring (bicyclic) bond motifs is 2. The minimum absolute atomic E-state index is 0.0539. The molecule has 0 atom stereocenters. The van der Waals surface area contributed by atoms with Crippen molar-refractivity contribution in [3.8, 4) is 33.6 Å². The Morgan fingerprint density at radius 2 is 1.69 bits per heavy atom. The molecular formula is C27H20N8O. The minimum atomic E-state index is 0.0539. The summed E-state index contributed by atoms with van der Waals surface area (Å²) in [5.74, 6) is 0.184. The van der Waals surface area contributed by atoms with Crippen molar-refractivity contribution in [1.82, 2.24) is 35.1 Å². The first-order valence-electron chi connectivity index (χ1n) is 11.7. The summed E-state index contributed by atoms with van der Waals surface area (Å²) in [5, 5.41) is 12.4. The Morgan fingerprint density at radius 3 is 2.56 bits per heavy atom. The summed E-state index contributed by atoms with van der Waals surface area (Å²) in [6, 6.07) is 12.0. The second-order valence-electron chi connectivity index (χ2n) is 8.96. The molecule has 9 nitrogen and oxygen atoms in total. The van der Waals surface area contributed by atoms with Crippen molar-refractivity contribution in [1.29, 1.82) is 0 Å². The highest BCUT2D eigenvalue weighted by Crippen LogP contribution is 2.34. The number of carbonyl (C=O) groups is 1. The summed E-state index contributed by atoms with van der Waals surface area (Å²) in [4.78, 5) is 33.1. The average molecular weight is 473 g/mol. The largest absolute Gasteiger partial charge is 0.338 e. The van der Waals surface area contributed by atoms with E-state index in [1.165, 1.54) is 0 Å². The molecule has 6 aromatic heterocycles. The Morgan fingerprint density at radius 1 is 0.833 bits per heavy atom. The van der Waals surface area contributed by atoms with Gasteiger partial charge in [-0.15, -0.1) is 0 Å². The van der Waals surface area contributed by atoms with Crippen LogP contribution < -0.4 is 5.32 Å². The van der Waals surface area contributed by atoms with Gasteiger partial charge in [0.05, 0.1) is 17.6 Å². The summed E-state index contributed by atoms with van der Waals surface area (Å²) in [6.45, 7) is 0. The third kappa shape index (κ3) is 3.58. The molecule has 9 heteroatoms. The number of anilines is 1. The third-order valence-electron chi connectivity index (χ3n) is 6.48. The lowest BCUT2D eigenvalue weighted by Crippen LogP contribution is -2.13. The van der Waals surface area contributed by atoms with E-state index < -0.39 is 0 Å². The van der Waals surface area contributed by atoms with Crippen LogP contribution in [-0.4, -0.2) is 41.0 Å². The topological polar surface area (TPSA) is 125 Å². The zero-order chi connectivity index (χ0) is 24.1. The van der Waals surface area contributed by atoms with Crippen molar-refractivity contribution in [2.24, 2.45) is 5.92 Å². The summed E-state index contributed by atoms with van der Waals surface area (Å²) < 4.78 is 0. The van der Waals surface area contributed by atoms with Gasteiger partial charge in [-0.05, 0) is 60.4 Å². The molecule has 6 aromatic rings. The lowest BCUT2D eigenvalue weighted by atomic mass is 10.0. The Hall–Kier alpha value is -4.92. The van der Waals surface area contributed by atoms with Crippen molar-refractivity contribution in [3.05, 3.63) is 73.6 Å². The van der Waals surface area contributed by atoms with Crippen LogP contribution in [0.5, 0.6) is 0 Å². The van der Waals surface area contributed by atoms with E-state index in [0.29, 0.717) is 11.3 Å². The predicted octanol–water partition coefficient (Wildman–Crippen LogP) is 4.97. The molecule has 0 unspecified atom stereocenters. The van der Waals surface area contributed by atoms with E-state index in [9.17, 15) is 4.79 Å². The van der Waals surface area contributed by atoms with Gasteiger partial charge >= 0.3 is 0 Å². The van der Waals surface area contributed by atoms with Crippen molar-refractivity contribution < 1.29 is 4.79 Å². The lowest BCUT2D eigenvalue weighted by molar-refractivity contribution is -0.117. The van der Waals surface area contributed by atoms with Crippen molar-refractivity contribution in [3.63, 3.8) is 0 Å². The molecular weight excluding hydrogens is 452 g/mol. The summed E-state index contributed by atoms with van der Waals surface area (Å²) >= 11 is 0. The van der Waals surface area contributed by atoms with Gasteiger partial charge in [0.1, 0.15) is 11.3 Å². The molecule has 1 saturated carbocycles. The number of carbonyl (C=O) groups excluding carboxylic acids is 1. The molecule has 0 saturated heterocycles. The van der Waals surface area contributed by atoms with E-state index in [1.54, 1.807) is 37.2 Å². The van der Waals surface area contributed by atoms with Crippen molar-refractivity contribution in [2.45, 2.75) is 12.8 Å². The maximum absolute atomic E-state index is 12.2. The number of nitrogens with zero attached hydrogens (tertiary/aromatic N) is 5. The first kappa shape index (κ1) is 20.5. The minimum Gasteiger partial charge on any atom is -0.338 e. The summed E-state index contributed by atoms with van der Waals surface area (Å²) in [7, 11) is 0. The maximum Gasteiger partial charge on any atom is 0.227 e. The molecule has 36 heavy (non-hydrogen) atoms. The highest BCUT2D eigenvalue weighted by Gasteiger charge is 2.29. The fourth-order valence-electron chi connectivity index (χ4n) is 4.46. The summed E-state index contributed by atoms with van der Waals surface area (Å²) in [5.41, 5.74) is 7.62. The van der Waals surface area contributed by atoms with Gasteiger partial charge in [0.25, 0.3) is 0 Å². The molecule has 1 amide bonds. The van der Waals surface area contributed by atoms with Gasteiger partial charge in [0, 0.05) is 58.8 Å². The van der Waals surface area contributed by atoms with E-state index >= 15 is 0 Å². The van der Waals surface area contributed by atoms with Crippen LogP contribution in [0.3, 0.4) is 0 Å². The van der Waals surface area contributed by atoms with E-state index in [-0.39, 0.29) is 11.8 Å². The van der Waals surface area contributed by atoms with Gasteiger partial charge < -0.3 is 10.3 Å². The van der Waals surface area contributed by atoms with Gasteiger partial charge in [-0.1, -0.05) is 0 Å². The molecule has 0 aromatic carbocycles. The standard InChI is InChI=1S/C27H20N8O/c36-27(16-1-2-16)32-19-9-17(12-29-14-19)18-10-22-24(34-35-26(22)31-13-18)23-11-21-20(5-8-30-25(21)33-23)15-3-6-28-7-4-15/h3-14,16H,1-2H2,(H,30,33)(H,32,36)(H,31,34,35). The van der Waals surface area contributed by atoms with Crippen molar-refractivity contribution in [2.75, 3.05) is 5.32 Å². The normalized spacial score (nSPS) is 13.3. The number of aromatic amines is 2. The highest BCUT2D eigenvalue weighted by atomic mass is 16.2. The number of nitrogens with one attached hydrogen (secondary N) is 3. The van der Waals surface area contributed by atoms with Crippen LogP contribution in [-0.2, 0) is 4.79 Å². The van der Waals surface area contributed by atoms with Crippen LogP contribution in [0.2, 0.25) is 0 Å². The van der Waals surface area contributed by atoms with E-state index in [4.69, 9.17) is 0 Å². The molecule has 7 rings (SSSR count). The van der Waals surface area contributed by atoms with Crippen molar-refractivity contribution >= 4 is 33.7 Å². The van der Waals surface area contributed by atoms with Crippen LogP contribution in [0.15, 0.2) is 73.6 Å². The van der Waals surface area contributed by atoms with Crippen LogP contribution in [0.1, 0.15) is 12.8 Å². The third-order valence-corrected chi connectivity index (χ3v) is 6.48. The number of hydrogen-bond donors (Lipinski definition) is 3. The summed E-state index contributed by atoms with van der Waals surface area (Å²) in [6.07, 6.45) is 12.5. The van der Waals surface area contributed by atoms with Gasteiger partial charge in [-0.25, -0.2) is 9.97 Å². The molecule has 1 fully saturated rings. The fraction of sp³-hybridized carbons (Fsp3) is 0.111. The highest BCUT2D eigenvalue weighted by molar-refractivity contribution is 6.00. The molecule has 3 N–H and O–H groups in total. The Kier molecular flexibility index (Phi) is 4.60. The number of amides is 1. The van der Waals surface area contributed by atoms with Crippen LogP contribution in [0.4, 0.5) is 5.69 Å². The molecule has 0 bridgehead atoms. The Balaban J connectivity index is 1.28. The van der Waals surface area contributed by atoms with Crippen LogP contribution in [0.25, 0.3) is 55.7 Å². The van der Waals surface area contributed by atoms with Crippen LogP contribution >= 0.6 is 0 Å². The van der Waals surface area contributed by atoms with Gasteiger partial charge in [-0.2, -0.15) is 5.10 Å². The second-order valence-corrected chi connectivity index (χ2v) is 8.96. The Bertz CT molecular complexity index is 1750. The zero-order valence-electron chi connectivity index (χ0n) is 19.1. The molecule has 0 radical (unpaired) electrons. The van der Waals surface area contributed by atoms with E-state index in [0.717, 1.165) is 62.9 Å². The first-order valence-corrected chi connectivity index (χ1v) is 11.7. The SMILES string of the molecule is O=C(Nc1cncc(-c2cnc3[nH]nc(-c4cc5c(-c6ccncc6)ccnc5[nH]4)c3c2)c1)C1CC1. The number of rotatable bonds is 5. The van der Waals surface area contributed by atoms with Gasteiger partial charge in [-0.3, -0.25) is 19.9 Å². The van der Waals surface area contributed by atoms with Crippen LogP contribution in [0, 0.1) is 5.92 Å². The van der Waals surface area contributed by atoms with Gasteiger partial charge in [0.15, 0.2) is 5.65 Å². The first-order chi connectivity index (χ1) is 17.7. The molecule has 1 aliphatic carbocycles. The second kappa shape index (κ2) is 8.09. The quantitative estimate of drug-likeness (QED) is 0.325. The predicted molar refractivity (Wildman–Crippen MR) is 137 cm³/mol. The Labute approximate surface area is 205 Å². The fourth-order valence-corrected chi connectivity index (χ4v) is 4.46. The molecule has 174 valence electrons. The monoisotopic (exact) mass is 472 g/mol. The average Bonchev–Trinajstić information content (AvgIpc) is 3.55. The molecule has 1 aliphatic rings. The lowest BCUT2D eigenvalue weighted by Gasteiger charge is -2.07. The number of hydrogen-bond acceptors (Lipinski definition) is 6. The van der Waals surface area contributed by atoms with Gasteiger partial charge in [0.2, 0.25) is 5.91 Å².